The quantitative estimate of drug-likeness (QED) is 0.246. The molecule has 8 nitrogen and oxygen atoms in total. The van der Waals surface area contributed by atoms with Crippen LogP contribution >= 0.6 is 24.0 Å². The topological polar surface area (TPSA) is 93.2 Å². The second kappa shape index (κ2) is 11.8. The van der Waals surface area contributed by atoms with E-state index >= 15 is 0 Å². The fourth-order valence-electron chi connectivity index (χ4n) is 2.32. The summed E-state index contributed by atoms with van der Waals surface area (Å²) in [5.41, 5.74) is 0.333. The molecule has 1 amide bonds. The molecule has 0 aromatic heterocycles. The van der Waals surface area contributed by atoms with E-state index in [0.29, 0.717) is 32.3 Å². The van der Waals surface area contributed by atoms with Gasteiger partial charge in [-0.15, -0.1) is 24.0 Å². The lowest BCUT2D eigenvalue weighted by atomic mass is 10.2. The first-order valence-corrected chi connectivity index (χ1v) is 9.29. The molecule has 2 rings (SSSR count). The van der Waals surface area contributed by atoms with Gasteiger partial charge in [-0.3, -0.25) is 4.99 Å². The average Bonchev–Trinajstić information content (AvgIpc) is 2.82. The van der Waals surface area contributed by atoms with Crippen molar-refractivity contribution in [3.63, 3.8) is 0 Å². The van der Waals surface area contributed by atoms with Gasteiger partial charge in [0.1, 0.15) is 5.60 Å². The zero-order valence-electron chi connectivity index (χ0n) is 17.0. The zero-order valence-corrected chi connectivity index (χ0v) is 19.3. The molecular formula is C19H31IN4O4. The number of amides is 1. The number of guanidine groups is 1. The Bertz CT molecular complexity index is 662. The monoisotopic (exact) mass is 506 g/mol. The van der Waals surface area contributed by atoms with Crippen molar-refractivity contribution in [2.45, 2.75) is 39.7 Å². The Morgan fingerprint density at radius 2 is 1.89 bits per heavy atom. The highest BCUT2D eigenvalue weighted by molar-refractivity contribution is 14.0. The molecule has 1 aromatic rings. The number of fused-ring (bicyclic) bond motifs is 1. The van der Waals surface area contributed by atoms with Crippen LogP contribution in [0, 0.1) is 0 Å². The van der Waals surface area contributed by atoms with Gasteiger partial charge >= 0.3 is 6.09 Å². The molecule has 0 saturated carbocycles. The number of carbonyl (C=O) groups excluding carboxylic acids is 1. The molecule has 0 aliphatic carbocycles. The van der Waals surface area contributed by atoms with Crippen molar-refractivity contribution in [1.82, 2.24) is 10.6 Å². The van der Waals surface area contributed by atoms with Crippen LogP contribution in [0.25, 0.3) is 0 Å². The first kappa shape index (κ1) is 24.1. The number of alkyl carbamates (subject to hydrolysis) is 1. The van der Waals surface area contributed by atoms with E-state index in [0.717, 1.165) is 30.2 Å². The molecule has 0 spiro atoms. The molecule has 0 unspecified atom stereocenters. The van der Waals surface area contributed by atoms with Crippen molar-refractivity contribution < 1.29 is 19.0 Å². The SMILES string of the molecule is CCNC(=NCCNC(=O)OC(C)(C)C)Nc1ccc2c(c1)OCCCO2.I. The number of ether oxygens (including phenoxy) is 3. The number of nitrogens with one attached hydrogen (secondary N) is 3. The van der Waals surface area contributed by atoms with Gasteiger partial charge in [-0.2, -0.15) is 0 Å². The van der Waals surface area contributed by atoms with Crippen LogP contribution in [0.1, 0.15) is 34.1 Å². The molecule has 0 fully saturated rings. The van der Waals surface area contributed by atoms with Crippen LogP contribution in [-0.2, 0) is 4.74 Å². The normalized spacial score (nSPS) is 13.6. The van der Waals surface area contributed by atoms with Gasteiger partial charge in [0.05, 0.1) is 19.8 Å². The molecule has 1 aliphatic rings. The molecule has 9 heteroatoms. The van der Waals surface area contributed by atoms with Gasteiger partial charge in [0, 0.05) is 31.3 Å². The van der Waals surface area contributed by atoms with Crippen LogP contribution < -0.4 is 25.4 Å². The summed E-state index contributed by atoms with van der Waals surface area (Å²) < 4.78 is 16.5. The minimum atomic E-state index is -0.513. The lowest BCUT2D eigenvalue weighted by molar-refractivity contribution is 0.0529. The third kappa shape index (κ3) is 8.85. The highest BCUT2D eigenvalue weighted by Crippen LogP contribution is 2.32. The van der Waals surface area contributed by atoms with Crippen LogP contribution in [0.2, 0.25) is 0 Å². The van der Waals surface area contributed by atoms with Gasteiger partial charge < -0.3 is 30.2 Å². The molecule has 0 atom stereocenters. The van der Waals surface area contributed by atoms with E-state index in [1.807, 2.05) is 45.9 Å². The third-order valence-corrected chi connectivity index (χ3v) is 3.40. The molecule has 3 N–H and O–H groups in total. The van der Waals surface area contributed by atoms with Gasteiger partial charge in [-0.05, 0) is 39.8 Å². The number of hydrogen-bond donors (Lipinski definition) is 3. The number of aliphatic imine (C=N–C) groups is 1. The molecule has 1 aliphatic heterocycles. The van der Waals surface area contributed by atoms with E-state index in [-0.39, 0.29) is 24.0 Å². The minimum absolute atomic E-state index is 0. The van der Waals surface area contributed by atoms with Gasteiger partial charge in [-0.25, -0.2) is 4.79 Å². The molecular weight excluding hydrogens is 475 g/mol. The smallest absolute Gasteiger partial charge is 0.407 e. The van der Waals surface area contributed by atoms with E-state index in [2.05, 4.69) is 20.9 Å². The number of rotatable bonds is 5. The number of halogens is 1. The van der Waals surface area contributed by atoms with Crippen LogP contribution in [0.3, 0.4) is 0 Å². The highest BCUT2D eigenvalue weighted by atomic mass is 127. The summed E-state index contributed by atoms with van der Waals surface area (Å²) in [5, 5.41) is 9.10. The van der Waals surface area contributed by atoms with Crippen molar-refractivity contribution in [2.24, 2.45) is 4.99 Å². The maximum atomic E-state index is 11.6. The molecule has 158 valence electrons. The summed E-state index contributed by atoms with van der Waals surface area (Å²) in [6, 6.07) is 5.70. The first-order valence-electron chi connectivity index (χ1n) is 9.29. The molecule has 0 saturated heterocycles. The van der Waals surface area contributed by atoms with Gasteiger partial charge in [-0.1, -0.05) is 0 Å². The molecule has 1 aromatic carbocycles. The first-order chi connectivity index (χ1) is 12.9. The van der Waals surface area contributed by atoms with Crippen LogP contribution in [0.5, 0.6) is 11.5 Å². The Hall–Kier alpha value is -1.91. The van der Waals surface area contributed by atoms with Crippen LogP contribution in [-0.4, -0.2) is 50.5 Å². The van der Waals surface area contributed by atoms with E-state index < -0.39 is 11.7 Å². The predicted octanol–water partition coefficient (Wildman–Crippen LogP) is 3.37. The summed E-state index contributed by atoms with van der Waals surface area (Å²) >= 11 is 0. The number of anilines is 1. The van der Waals surface area contributed by atoms with Gasteiger partial charge in [0.15, 0.2) is 17.5 Å². The van der Waals surface area contributed by atoms with Gasteiger partial charge in [0.2, 0.25) is 0 Å². The predicted molar refractivity (Wildman–Crippen MR) is 121 cm³/mol. The number of carbonyl (C=O) groups is 1. The molecule has 0 bridgehead atoms. The highest BCUT2D eigenvalue weighted by Gasteiger charge is 2.15. The van der Waals surface area contributed by atoms with Crippen molar-refractivity contribution >= 4 is 41.7 Å². The van der Waals surface area contributed by atoms with E-state index in [9.17, 15) is 4.79 Å². The Morgan fingerprint density at radius 1 is 1.18 bits per heavy atom. The van der Waals surface area contributed by atoms with E-state index in [1.165, 1.54) is 0 Å². The Balaban J connectivity index is 0.00000392. The second-order valence-corrected chi connectivity index (χ2v) is 7.03. The fourth-order valence-corrected chi connectivity index (χ4v) is 2.32. The van der Waals surface area contributed by atoms with Crippen LogP contribution in [0.4, 0.5) is 10.5 Å². The molecule has 28 heavy (non-hydrogen) atoms. The summed E-state index contributed by atoms with van der Waals surface area (Å²) in [5.74, 6) is 2.10. The lowest BCUT2D eigenvalue weighted by Crippen LogP contribution is -2.35. The van der Waals surface area contributed by atoms with Crippen molar-refractivity contribution in [3.05, 3.63) is 18.2 Å². The maximum Gasteiger partial charge on any atom is 0.407 e. The standard InChI is InChI=1S/C19H30N4O4.HI/c1-5-20-17(21-9-10-22-18(24)27-19(2,3)4)23-14-7-8-15-16(13-14)26-12-6-11-25-15;/h7-8,13H,5-6,9-12H2,1-4H3,(H,22,24)(H2,20,21,23);1H. The maximum absolute atomic E-state index is 11.6. The Morgan fingerprint density at radius 3 is 2.57 bits per heavy atom. The molecule has 1 heterocycles. The summed E-state index contributed by atoms with van der Waals surface area (Å²) in [6.45, 7) is 10.3. The van der Waals surface area contributed by atoms with Crippen molar-refractivity contribution in [2.75, 3.05) is 38.2 Å². The second-order valence-electron chi connectivity index (χ2n) is 7.03. The number of hydrogen-bond acceptors (Lipinski definition) is 5. The summed E-state index contributed by atoms with van der Waals surface area (Å²) in [7, 11) is 0. The van der Waals surface area contributed by atoms with Crippen molar-refractivity contribution in [1.29, 1.82) is 0 Å². The molecule has 0 radical (unpaired) electrons. The summed E-state index contributed by atoms with van der Waals surface area (Å²) in [4.78, 5) is 16.1. The largest absolute Gasteiger partial charge is 0.490 e. The zero-order chi connectivity index (χ0) is 19.7. The number of benzene rings is 1. The summed E-state index contributed by atoms with van der Waals surface area (Å²) in [6.07, 6.45) is 0.421. The van der Waals surface area contributed by atoms with E-state index in [1.54, 1.807) is 0 Å². The van der Waals surface area contributed by atoms with Crippen molar-refractivity contribution in [3.8, 4) is 11.5 Å². The lowest BCUT2D eigenvalue weighted by Gasteiger charge is -2.19. The van der Waals surface area contributed by atoms with Gasteiger partial charge in [0.25, 0.3) is 0 Å². The number of nitrogens with zero attached hydrogens (tertiary/aromatic N) is 1. The third-order valence-electron chi connectivity index (χ3n) is 3.40. The Kier molecular flexibility index (Phi) is 10.2. The van der Waals surface area contributed by atoms with E-state index in [4.69, 9.17) is 14.2 Å². The van der Waals surface area contributed by atoms with Crippen LogP contribution in [0.15, 0.2) is 23.2 Å². The average molecular weight is 506 g/mol. The Labute approximate surface area is 183 Å². The fraction of sp³-hybridized carbons (Fsp3) is 0.579. The minimum Gasteiger partial charge on any atom is -0.490 e.